The lowest BCUT2D eigenvalue weighted by Crippen LogP contribution is -2.30. The van der Waals surface area contributed by atoms with Gasteiger partial charge in [0.1, 0.15) is 13.2 Å². The minimum absolute atomic E-state index is 0.0907. The van der Waals surface area contributed by atoms with Gasteiger partial charge in [0.2, 0.25) is 0 Å². The molecule has 0 spiro atoms. The zero-order valence-electron chi connectivity index (χ0n) is 53.5. The average Bonchev–Trinajstić information content (AvgIpc) is 3.47. The van der Waals surface area contributed by atoms with E-state index in [1.165, 1.54) is 122 Å². The van der Waals surface area contributed by atoms with Crippen LogP contribution >= 0.6 is 0 Å². The van der Waals surface area contributed by atoms with E-state index in [4.69, 9.17) is 14.2 Å². The molecule has 1 unspecified atom stereocenters. The molecule has 0 aliphatic carbocycles. The normalized spacial score (nSPS) is 13.0. The lowest BCUT2D eigenvalue weighted by Gasteiger charge is -2.18. The number of rotatable bonds is 61. The molecule has 0 rings (SSSR count). The van der Waals surface area contributed by atoms with E-state index >= 15 is 0 Å². The number of hydrogen-bond donors (Lipinski definition) is 0. The number of ether oxygens (including phenoxy) is 3. The minimum Gasteiger partial charge on any atom is -0.462 e. The number of hydrogen-bond acceptors (Lipinski definition) is 6. The quantitative estimate of drug-likeness (QED) is 0.0261. The molecule has 0 N–H and O–H groups in total. The Morgan fingerprint density at radius 3 is 0.744 bits per heavy atom. The summed E-state index contributed by atoms with van der Waals surface area (Å²) in [6, 6.07) is 0. The van der Waals surface area contributed by atoms with Gasteiger partial charge >= 0.3 is 17.9 Å². The Bertz CT molecular complexity index is 1730. The molecular weight excluding hydrogens is 1010 g/mol. The maximum absolute atomic E-state index is 13.0. The fourth-order valence-electron chi connectivity index (χ4n) is 9.32. The van der Waals surface area contributed by atoms with Gasteiger partial charge in [0.15, 0.2) is 6.10 Å². The molecule has 0 aromatic rings. The molecule has 0 aromatic heterocycles. The van der Waals surface area contributed by atoms with Crippen LogP contribution in [-0.4, -0.2) is 37.2 Å². The van der Waals surface area contributed by atoms with Crippen LogP contribution in [-0.2, 0) is 28.6 Å². The van der Waals surface area contributed by atoms with Gasteiger partial charge in [-0.15, -0.1) is 0 Å². The molecule has 6 heteroatoms. The van der Waals surface area contributed by atoms with Crippen LogP contribution in [0.5, 0.6) is 0 Å². The first-order valence-electron chi connectivity index (χ1n) is 34.2. The smallest absolute Gasteiger partial charge is 0.306 e. The van der Waals surface area contributed by atoms with Gasteiger partial charge < -0.3 is 14.2 Å². The van der Waals surface area contributed by atoms with Gasteiger partial charge in [-0.2, -0.15) is 0 Å². The largest absolute Gasteiger partial charge is 0.462 e. The third kappa shape index (κ3) is 66.4. The predicted molar refractivity (Wildman–Crippen MR) is 357 cm³/mol. The highest BCUT2D eigenvalue weighted by Crippen LogP contribution is 2.16. The first-order valence-corrected chi connectivity index (χ1v) is 34.2. The summed E-state index contributed by atoms with van der Waals surface area (Å²) in [6.45, 7) is 6.40. The van der Waals surface area contributed by atoms with Crippen molar-refractivity contribution >= 4 is 17.9 Å². The summed E-state index contributed by atoms with van der Waals surface area (Å²) in [5, 5.41) is 0. The van der Waals surface area contributed by atoms with Crippen molar-refractivity contribution in [2.24, 2.45) is 0 Å². The standard InChI is InChI=1S/C76H126O6/c1-4-7-10-13-16-19-22-25-28-31-33-35-37-38-40-41-43-45-48-51-54-57-60-63-66-69-75(78)81-72-73(71-80-74(77)68-65-62-59-56-53-50-47-30-27-24-21-18-15-12-9-6-3)82-76(79)70-67-64-61-58-55-52-49-46-44-42-39-36-34-32-29-26-23-20-17-14-11-8-5-2/h7-8,10-11,16-17,19-21,24-26,28-30,33-36,42,44,47,73H,4-6,9,12-15,18,22-23,27,31-32,37-41,43,45-46,48-72H2,1-3H3/b10-7-,11-8-,19-16-,20-17-,24-21-,28-25-,29-26-,35-33-,36-34-,44-42-,47-30-. The highest BCUT2D eigenvalue weighted by Gasteiger charge is 2.19. The molecule has 0 aromatic carbocycles. The van der Waals surface area contributed by atoms with Crippen LogP contribution in [0.1, 0.15) is 310 Å². The van der Waals surface area contributed by atoms with E-state index in [-0.39, 0.29) is 31.1 Å². The van der Waals surface area contributed by atoms with Gasteiger partial charge in [-0.3, -0.25) is 14.4 Å². The van der Waals surface area contributed by atoms with Crippen molar-refractivity contribution in [1.82, 2.24) is 0 Å². The van der Waals surface area contributed by atoms with Crippen LogP contribution in [0, 0.1) is 0 Å². The van der Waals surface area contributed by atoms with Gasteiger partial charge in [-0.25, -0.2) is 0 Å². The van der Waals surface area contributed by atoms with E-state index in [1.807, 2.05) is 0 Å². The van der Waals surface area contributed by atoms with Crippen molar-refractivity contribution in [1.29, 1.82) is 0 Å². The highest BCUT2D eigenvalue weighted by atomic mass is 16.6. The summed E-state index contributed by atoms with van der Waals surface area (Å²) in [4.78, 5) is 38.5. The summed E-state index contributed by atoms with van der Waals surface area (Å²) in [6.07, 6.45) is 97.4. The van der Waals surface area contributed by atoms with Gasteiger partial charge in [0.05, 0.1) is 0 Å². The molecule has 0 aliphatic heterocycles. The second kappa shape index (κ2) is 69.0. The molecule has 0 saturated carbocycles. The van der Waals surface area contributed by atoms with Crippen LogP contribution in [0.25, 0.3) is 0 Å². The van der Waals surface area contributed by atoms with E-state index < -0.39 is 6.10 Å². The first kappa shape index (κ1) is 77.5. The minimum atomic E-state index is -0.797. The topological polar surface area (TPSA) is 78.9 Å². The predicted octanol–water partition coefficient (Wildman–Crippen LogP) is 23.7. The highest BCUT2D eigenvalue weighted by molar-refractivity contribution is 5.71. The molecule has 0 aliphatic rings. The molecule has 1 atom stereocenters. The lowest BCUT2D eigenvalue weighted by molar-refractivity contribution is -0.167. The lowest BCUT2D eigenvalue weighted by atomic mass is 10.0. The van der Waals surface area contributed by atoms with Crippen molar-refractivity contribution in [2.75, 3.05) is 13.2 Å². The first-order chi connectivity index (χ1) is 40.5. The summed E-state index contributed by atoms with van der Waals surface area (Å²) >= 11 is 0. The van der Waals surface area contributed by atoms with Crippen LogP contribution in [0.15, 0.2) is 134 Å². The Kier molecular flexibility index (Phi) is 65.3. The molecule has 466 valence electrons. The van der Waals surface area contributed by atoms with Crippen molar-refractivity contribution in [3.05, 3.63) is 134 Å². The van der Waals surface area contributed by atoms with Crippen LogP contribution in [0.4, 0.5) is 0 Å². The monoisotopic (exact) mass is 1130 g/mol. The van der Waals surface area contributed by atoms with Crippen LogP contribution < -0.4 is 0 Å². The molecule has 0 fully saturated rings. The fourth-order valence-corrected chi connectivity index (χ4v) is 9.32. The van der Waals surface area contributed by atoms with Crippen LogP contribution in [0.3, 0.4) is 0 Å². The summed E-state index contributed by atoms with van der Waals surface area (Å²) < 4.78 is 17.0. The number of unbranched alkanes of at least 4 members (excludes halogenated alkanes) is 28. The summed E-state index contributed by atoms with van der Waals surface area (Å²) in [7, 11) is 0. The second-order valence-corrected chi connectivity index (χ2v) is 22.3. The zero-order chi connectivity index (χ0) is 59.2. The second-order valence-electron chi connectivity index (χ2n) is 22.3. The van der Waals surface area contributed by atoms with Gasteiger partial charge in [0.25, 0.3) is 0 Å². The Hall–Kier alpha value is -4.45. The Balaban J connectivity index is 4.41. The molecule has 6 nitrogen and oxygen atoms in total. The van der Waals surface area contributed by atoms with Gasteiger partial charge in [-0.05, 0) is 135 Å². The van der Waals surface area contributed by atoms with E-state index in [0.29, 0.717) is 19.3 Å². The maximum Gasteiger partial charge on any atom is 0.306 e. The van der Waals surface area contributed by atoms with Crippen molar-refractivity contribution in [3.63, 3.8) is 0 Å². The van der Waals surface area contributed by atoms with E-state index in [1.54, 1.807) is 0 Å². The average molecular weight is 1140 g/mol. The Morgan fingerprint density at radius 1 is 0.256 bits per heavy atom. The van der Waals surface area contributed by atoms with Crippen molar-refractivity contribution < 1.29 is 28.6 Å². The van der Waals surface area contributed by atoms with E-state index in [0.717, 1.165) is 148 Å². The van der Waals surface area contributed by atoms with Gasteiger partial charge in [0, 0.05) is 19.3 Å². The summed E-state index contributed by atoms with van der Waals surface area (Å²) in [5.41, 5.74) is 0. The number of esters is 3. The van der Waals surface area contributed by atoms with Crippen molar-refractivity contribution in [2.45, 2.75) is 316 Å². The fraction of sp³-hybridized carbons (Fsp3) is 0.671. The number of carbonyl (C=O) groups is 3. The van der Waals surface area contributed by atoms with Crippen molar-refractivity contribution in [3.8, 4) is 0 Å². The third-order valence-electron chi connectivity index (χ3n) is 14.4. The van der Waals surface area contributed by atoms with E-state index in [2.05, 4.69) is 154 Å². The van der Waals surface area contributed by atoms with E-state index in [9.17, 15) is 14.4 Å². The summed E-state index contributed by atoms with van der Waals surface area (Å²) in [5.74, 6) is -0.910. The maximum atomic E-state index is 13.0. The molecule has 0 amide bonds. The molecule has 0 heterocycles. The van der Waals surface area contributed by atoms with Gasteiger partial charge in [-0.1, -0.05) is 289 Å². The molecule has 82 heavy (non-hydrogen) atoms. The molecular formula is C76H126O6. The Morgan fingerprint density at radius 2 is 0.476 bits per heavy atom. The molecule has 0 radical (unpaired) electrons. The third-order valence-corrected chi connectivity index (χ3v) is 14.4. The molecule has 0 bridgehead atoms. The van der Waals surface area contributed by atoms with Crippen LogP contribution in [0.2, 0.25) is 0 Å². The molecule has 0 saturated heterocycles. The number of allylic oxidation sites excluding steroid dienone is 22. The zero-order valence-corrected chi connectivity index (χ0v) is 53.5. The SMILES string of the molecule is CC/C=C\C/C=C\C/C=C\C/C=C\C/C=C\CCCCCCCCCC(=O)OC(COC(=O)CCCCCCC/C=C\C/C=C\CCCCCC)COC(=O)CCCCCCCCCCCCCC/C=C\C/C=C\C/C=C\C/C=C\CC. The number of carbonyl (C=O) groups excluding carboxylic acids is 3. The Labute approximate surface area is 506 Å².